The average molecular weight is 347 g/mol. The van der Waals surface area contributed by atoms with Gasteiger partial charge < -0.3 is 18.6 Å². The average Bonchev–Trinajstić information content (AvgIpc) is 2.61. The topological polar surface area (TPSA) is 57.9 Å². The minimum atomic E-state index is -0.247. The first-order valence-electron chi connectivity index (χ1n) is 7.11. The SMILES string of the molecule is COc1ccc(-c2cc(=O)c3c(OC)c(Cl)c(OC)cc3o2)cc1. The van der Waals surface area contributed by atoms with Crippen LogP contribution in [0.25, 0.3) is 22.3 Å². The molecule has 3 rings (SSSR count). The minimum absolute atomic E-state index is 0.233. The summed E-state index contributed by atoms with van der Waals surface area (Å²) >= 11 is 6.21. The molecule has 1 aromatic heterocycles. The summed E-state index contributed by atoms with van der Waals surface area (Å²) in [5, 5.41) is 0.512. The molecular weight excluding hydrogens is 332 g/mol. The zero-order valence-corrected chi connectivity index (χ0v) is 14.1. The smallest absolute Gasteiger partial charge is 0.197 e. The first-order valence-corrected chi connectivity index (χ1v) is 7.49. The van der Waals surface area contributed by atoms with Crippen molar-refractivity contribution in [3.05, 3.63) is 51.6 Å². The first kappa shape index (κ1) is 16.2. The number of hydrogen-bond acceptors (Lipinski definition) is 5. The van der Waals surface area contributed by atoms with Crippen LogP contribution in [-0.2, 0) is 0 Å². The molecule has 24 heavy (non-hydrogen) atoms. The van der Waals surface area contributed by atoms with Gasteiger partial charge in [0.05, 0.1) is 21.3 Å². The molecule has 0 bridgehead atoms. The van der Waals surface area contributed by atoms with E-state index in [9.17, 15) is 4.79 Å². The summed E-state index contributed by atoms with van der Waals surface area (Å²) in [5.41, 5.74) is 0.845. The van der Waals surface area contributed by atoms with Crippen LogP contribution in [0.4, 0.5) is 0 Å². The molecule has 0 spiro atoms. The molecule has 5 nitrogen and oxygen atoms in total. The van der Waals surface area contributed by atoms with E-state index in [4.69, 9.17) is 30.2 Å². The predicted octanol–water partition coefficient (Wildman–Crippen LogP) is 4.14. The summed E-state index contributed by atoms with van der Waals surface area (Å²) in [5.74, 6) is 1.76. The Balaban J connectivity index is 2.26. The Hall–Kier alpha value is -2.66. The monoisotopic (exact) mass is 346 g/mol. The van der Waals surface area contributed by atoms with Gasteiger partial charge in [-0.1, -0.05) is 11.6 Å². The molecule has 0 aliphatic rings. The van der Waals surface area contributed by atoms with Crippen molar-refractivity contribution >= 4 is 22.6 Å². The van der Waals surface area contributed by atoms with E-state index in [2.05, 4.69) is 0 Å². The second-order valence-corrected chi connectivity index (χ2v) is 5.38. The largest absolute Gasteiger partial charge is 0.497 e. The lowest BCUT2D eigenvalue weighted by Crippen LogP contribution is -2.04. The molecule has 0 N–H and O–H groups in total. The molecule has 0 saturated carbocycles. The molecule has 124 valence electrons. The number of halogens is 1. The molecule has 0 aliphatic carbocycles. The third kappa shape index (κ3) is 2.67. The fourth-order valence-electron chi connectivity index (χ4n) is 2.48. The van der Waals surface area contributed by atoms with E-state index in [1.165, 1.54) is 20.3 Å². The third-order valence-electron chi connectivity index (χ3n) is 3.68. The predicted molar refractivity (Wildman–Crippen MR) is 92.6 cm³/mol. The lowest BCUT2D eigenvalue weighted by molar-refractivity contribution is 0.396. The van der Waals surface area contributed by atoms with E-state index >= 15 is 0 Å². The highest BCUT2D eigenvalue weighted by Gasteiger charge is 2.18. The fourth-order valence-corrected chi connectivity index (χ4v) is 2.78. The van der Waals surface area contributed by atoms with Crippen LogP contribution in [0.5, 0.6) is 17.2 Å². The van der Waals surface area contributed by atoms with Crippen molar-refractivity contribution in [2.45, 2.75) is 0 Å². The van der Waals surface area contributed by atoms with Gasteiger partial charge in [-0.25, -0.2) is 0 Å². The normalized spacial score (nSPS) is 10.7. The maximum absolute atomic E-state index is 12.6. The van der Waals surface area contributed by atoms with Crippen LogP contribution in [-0.4, -0.2) is 21.3 Å². The Morgan fingerprint density at radius 1 is 0.958 bits per heavy atom. The zero-order chi connectivity index (χ0) is 17.3. The van der Waals surface area contributed by atoms with E-state index < -0.39 is 0 Å². The summed E-state index contributed by atoms with van der Waals surface area (Å²) in [6.45, 7) is 0. The highest BCUT2D eigenvalue weighted by atomic mass is 35.5. The molecule has 3 aromatic rings. The lowest BCUT2D eigenvalue weighted by Gasteiger charge is -2.11. The van der Waals surface area contributed by atoms with Gasteiger partial charge in [-0.05, 0) is 24.3 Å². The van der Waals surface area contributed by atoms with E-state index in [-0.39, 0.29) is 21.6 Å². The Morgan fingerprint density at radius 2 is 1.67 bits per heavy atom. The Morgan fingerprint density at radius 3 is 2.25 bits per heavy atom. The summed E-state index contributed by atoms with van der Waals surface area (Å²) in [4.78, 5) is 12.6. The molecule has 6 heteroatoms. The van der Waals surface area contributed by atoms with Gasteiger partial charge >= 0.3 is 0 Å². The molecule has 0 amide bonds. The van der Waals surface area contributed by atoms with Crippen molar-refractivity contribution in [2.24, 2.45) is 0 Å². The molecule has 1 heterocycles. The summed E-state index contributed by atoms with van der Waals surface area (Å²) in [7, 11) is 4.52. The van der Waals surface area contributed by atoms with Crippen LogP contribution in [0, 0.1) is 0 Å². The molecule has 2 aromatic carbocycles. The van der Waals surface area contributed by atoms with Crippen LogP contribution in [0.15, 0.2) is 45.6 Å². The molecule has 0 saturated heterocycles. The van der Waals surface area contributed by atoms with Crippen molar-refractivity contribution in [3.63, 3.8) is 0 Å². The van der Waals surface area contributed by atoms with Crippen molar-refractivity contribution in [1.29, 1.82) is 0 Å². The summed E-state index contributed by atoms with van der Waals surface area (Å²) in [6, 6.07) is 10.2. The second kappa shape index (κ2) is 6.45. The Bertz CT molecular complexity index is 944. The van der Waals surface area contributed by atoms with Gasteiger partial charge in [-0.2, -0.15) is 0 Å². The highest BCUT2D eigenvalue weighted by molar-refractivity contribution is 6.34. The molecule has 0 atom stereocenters. The van der Waals surface area contributed by atoms with Crippen molar-refractivity contribution in [2.75, 3.05) is 21.3 Å². The number of rotatable bonds is 4. The van der Waals surface area contributed by atoms with Gasteiger partial charge in [0.25, 0.3) is 0 Å². The van der Waals surface area contributed by atoms with E-state index in [1.54, 1.807) is 25.3 Å². The van der Waals surface area contributed by atoms with Gasteiger partial charge in [0.1, 0.15) is 33.3 Å². The number of benzene rings is 2. The van der Waals surface area contributed by atoms with Crippen LogP contribution >= 0.6 is 11.6 Å². The number of ether oxygens (including phenoxy) is 3. The summed E-state index contributed by atoms with van der Waals surface area (Å²) < 4.78 is 21.5. The molecule has 0 unspecified atom stereocenters. The standard InChI is InChI=1S/C18H15ClO5/c1-21-11-6-4-10(5-7-11)13-8-12(20)16-14(24-13)9-15(22-2)17(19)18(16)23-3/h4-9H,1-3H3. The van der Waals surface area contributed by atoms with Crippen LogP contribution < -0.4 is 19.6 Å². The van der Waals surface area contributed by atoms with Gasteiger partial charge in [-0.15, -0.1) is 0 Å². The van der Waals surface area contributed by atoms with Crippen LogP contribution in [0.2, 0.25) is 5.02 Å². The van der Waals surface area contributed by atoms with Crippen LogP contribution in [0.3, 0.4) is 0 Å². The second-order valence-electron chi connectivity index (χ2n) is 5.00. The first-order chi connectivity index (χ1) is 11.6. The molecule has 0 radical (unpaired) electrons. The number of fused-ring (bicyclic) bond motifs is 1. The Labute approximate surface area is 143 Å². The maximum atomic E-state index is 12.6. The highest BCUT2D eigenvalue weighted by Crippen LogP contribution is 2.40. The van der Waals surface area contributed by atoms with Crippen LogP contribution in [0.1, 0.15) is 0 Å². The van der Waals surface area contributed by atoms with Gasteiger partial charge in [0.2, 0.25) is 0 Å². The Kier molecular flexibility index (Phi) is 4.36. The van der Waals surface area contributed by atoms with Gasteiger partial charge in [-0.3, -0.25) is 4.79 Å². The number of hydrogen-bond donors (Lipinski definition) is 0. The van der Waals surface area contributed by atoms with Crippen molar-refractivity contribution < 1.29 is 18.6 Å². The molecular formula is C18H15ClO5. The van der Waals surface area contributed by atoms with E-state index in [0.717, 1.165) is 11.3 Å². The molecule has 0 fully saturated rings. The quantitative estimate of drug-likeness (QED) is 0.710. The molecule has 0 aliphatic heterocycles. The van der Waals surface area contributed by atoms with Crippen molar-refractivity contribution in [1.82, 2.24) is 0 Å². The fraction of sp³-hybridized carbons (Fsp3) is 0.167. The minimum Gasteiger partial charge on any atom is -0.497 e. The van der Waals surface area contributed by atoms with E-state index in [0.29, 0.717) is 17.1 Å². The number of methoxy groups -OCH3 is 3. The zero-order valence-electron chi connectivity index (χ0n) is 13.4. The lowest BCUT2D eigenvalue weighted by atomic mass is 10.1. The third-order valence-corrected chi connectivity index (χ3v) is 4.04. The van der Waals surface area contributed by atoms with Crippen molar-refractivity contribution in [3.8, 4) is 28.6 Å². The van der Waals surface area contributed by atoms with Gasteiger partial charge in [0, 0.05) is 17.7 Å². The van der Waals surface area contributed by atoms with E-state index in [1.807, 2.05) is 12.1 Å². The summed E-state index contributed by atoms with van der Waals surface area (Å²) in [6.07, 6.45) is 0. The van der Waals surface area contributed by atoms with Gasteiger partial charge in [0.15, 0.2) is 11.2 Å². The maximum Gasteiger partial charge on any atom is 0.197 e.